The van der Waals surface area contributed by atoms with E-state index in [1.165, 1.54) is 11.3 Å². The number of guanidine groups is 1. The summed E-state index contributed by atoms with van der Waals surface area (Å²) in [6.07, 6.45) is 2.68. The third kappa shape index (κ3) is 6.74. The van der Waals surface area contributed by atoms with Crippen LogP contribution in [0.1, 0.15) is 80.3 Å². The van der Waals surface area contributed by atoms with E-state index in [-0.39, 0.29) is 24.0 Å². The maximum absolute atomic E-state index is 12.0. The van der Waals surface area contributed by atoms with Crippen molar-refractivity contribution in [1.29, 1.82) is 0 Å². The number of carbonyl (C=O) groups excluding carboxylic acids is 1. The molecule has 0 aliphatic rings. The van der Waals surface area contributed by atoms with Gasteiger partial charge in [0, 0.05) is 19.7 Å². The van der Waals surface area contributed by atoms with E-state index in [0.29, 0.717) is 29.7 Å². The molecular formula is C20H36N4O3S. The van der Waals surface area contributed by atoms with Crippen LogP contribution in [0.15, 0.2) is 4.99 Å². The number of nitrogens with zero attached hydrogens (tertiary/aromatic N) is 2. The standard InChI is InChI=1S/C20H36N4O3S/c1-7-20(8-2,11-12-25)13-22-19(21-9-3)24-15(6)17-23-14(5)16(28-17)18(26)27-10-4/h15,25H,7-13H2,1-6H3,(H2,21,22,24). The first-order valence-electron chi connectivity index (χ1n) is 10.2. The zero-order valence-corrected chi connectivity index (χ0v) is 18.9. The molecule has 0 radical (unpaired) electrons. The van der Waals surface area contributed by atoms with Crippen LogP contribution in [0.25, 0.3) is 0 Å². The lowest BCUT2D eigenvalue weighted by Gasteiger charge is -2.29. The van der Waals surface area contributed by atoms with Gasteiger partial charge in [0.1, 0.15) is 9.88 Å². The number of thiazole rings is 1. The zero-order valence-electron chi connectivity index (χ0n) is 18.1. The number of aliphatic hydroxyl groups excluding tert-OH is 1. The number of hydrogen-bond donors (Lipinski definition) is 3. The molecule has 160 valence electrons. The molecule has 0 saturated heterocycles. The summed E-state index contributed by atoms with van der Waals surface area (Å²) >= 11 is 1.35. The molecule has 0 aliphatic carbocycles. The Balaban J connectivity index is 2.93. The van der Waals surface area contributed by atoms with Crippen LogP contribution < -0.4 is 10.6 Å². The van der Waals surface area contributed by atoms with Crippen molar-refractivity contribution in [3.05, 3.63) is 15.6 Å². The minimum atomic E-state index is -0.323. The van der Waals surface area contributed by atoms with Gasteiger partial charge in [-0.05, 0) is 52.4 Å². The molecule has 0 amide bonds. The van der Waals surface area contributed by atoms with E-state index in [9.17, 15) is 9.90 Å². The minimum Gasteiger partial charge on any atom is -0.462 e. The summed E-state index contributed by atoms with van der Waals surface area (Å²) < 4.78 is 5.10. The molecule has 7 nitrogen and oxygen atoms in total. The quantitative estimate of drug-likeness (QED) is 0.293. The zero-order chi connectivity index (χ0) is 21.2. The molecular weight excluding hydrogens is 376 g/mol. The lowest BCUT2D eigenvalue weighted by molar-refractivity contribution is 0.0531. The normalized spacial score (nSPS) is 13.3. The molecule has 0 fully saturated rings. The Bertz CT molecular complexity index is 641. The number of ether oxygens (including phenoxy) is 1. The molecule has 1 rings (SSSR count). The van der Waals surface area contributed by atoms with Gasteiger partial charge in [-0.15, -0.1) is 11.3 Å². The number of aromatic nitrogens is 1. The van der Waals surface area contributed by atoms with E-state index in [1.807, 2.05) is 20.8 Å². The van der Waals surface area contributed by atoms with Gasteiger partial charge >= 0.3 is 5.97 Å². The number of hydrogen-bond acceptors (Lipinski definition) is 6. The lowest BCUT2D eigenvalue weighted by atomic mass is 9.79. The van der Waals surface area contributed by atoms with E-state index >= 15 is 0 Å². The molecule has 28 heavy (non-hydrogen) atoms. The van der Waals surface area contributed by atoms with Crippen LogP contribution in [0.5, 0.6) is 0 Å². The second-order valence-corrected chi connectivity index (χ2v) is 7.96. The highest BCUT2D eigenvalue weighted by Crippen LogP contribution is 2.30. The average molecular weight is 413 g/mol. The summed E-state index contributed by atoms with van der Waals surface area (Å²) in [5, 5.41) is 16.9. The van der Waals surface area contributed by atoms with Crippen molar-refractivity contribution in [2.24, 2.45) is 10.4 Å². The molecule has 0 bridgehead atoms. The Morgan fingerprint density at radius 1 is 1.32 bits per heavy atom. The fourth-order valence-corrected chi connectivity index (χ4v) is 3.93. The Labute approximate surface area is 173 Å². The number of esters is 1. The van der Waals surface area contributed by atoms with Crippen molar-refractivity contribution in [3.8, 4) is 0 Å². The van der Waals surface area contributed by atoms with E-state index in [1.54, 1.807) is 6.92 Å². The first-order valence-corrected chi connectivity index (χ1v) is 11.0. The number of aryl methyl sites for hydroxylation is 1. The van der Waals surface area contributed by atoms with Gasteiger partial charge in [0.2, 0.25) is 0 Å². The highest BCUT2D eigenvalue weighted by Gasteiger charge is 2.26. The van der Waals surface area contributed by atoms with E-state index < -0.39 is 0 Å². The van der Waals surface area contributed by atoms with Crippen LogP contribution in [0.2, 0.25) is 0 Å². The van der Waals surface area contributed by atoms with Gasteiger partial charge < -0.3 is 20.5 Å². The highest BCUT2D eigenvalue weighted by atomic mass is 32.1. The van der Waals surface area contributed by atoms with Gasteiger partial charge in [-0.3, -0.25) is 4.99 Å². The van der Waals surface area contributed by atoms with Crippen molar-refractivity contribution in [2.45, 2.75) is 66.8 Å². The van der Waals surface area contributed by atoms with Crippen LogP contribution in [-0.4, -0.2) is 48.3 Å². The number of carbonyl (C=O) groups is 1. The van der Waals surface area contributed by atoms with Crippen molar-refractivity contribution in [1.82, 2.24) is 15.6 Å². The topological polar surface area (TPSA) is 95.8 Å². The Morgan fingerprint density at radius 2 is 2.00 bits per heavy atom. The third-order valence-corrected chi connectivity index (χ3v) is 6.38. The largest absolute Gasteiger partial charge is 0.462 e. The fraction of sp³-hybridized carbons (Fsp3) is 0.750. The van der Waals surface area contributed by atoms with Gasteiger partial charge in [0.25, 0.3) is 0 Å². The summed E-state index contributed by atoms with van der Waals surface area (Å²) in [4.78, 5) is 21.9. The van der Waals surface area contributed by atoms with E-state index in [4.69, 9.17) is 9.73 Å². The average Bonchev–Trinajstić information content (AvgIpc) is 3.07. The van der Waals surface area contributed by atoms with Gasteiger partial charge in [-0.2, -0.15) is 0 Å². The molecule has 1 aromatic rings. The van der Waals surface area contributed by atoms with Crippen LogP contribution in [0.4, 0.5) is 0 Å². The summed E-state index contributed by atoms with van der Waals surface area (Å²) in [7, 11) is 0. The van der Waals surface area contributed by atoms with Crippen LogP contribution in [0.3, 0.4) is 0 Å². The smallest absolute Gasteiger partial charge is 0.350 e. The predicted molar refractivity (Wildman–Crippen MR) is 115 cm³/mol. The van der Waals surface area contributed by atoms with Crippen molar-refractivity contribution >= 4 is 23.3 Å². The van der Waals surface area contributed by atoms with Crippen molar-refractivity contribution < 1.29 is 14.6 Å². The summed E-state index contributed by atoms with van der Waals surface area (Å²) in [6.45, 7) is 13.8. The summed E-state index contributed by atoms with van der Waals surface area (Å²) in [5.74, 6) is 0.390. The summed E-state index contributed by atoms with van der Waals surface area (Å²) in [6, 6.07) is -0.0971. The second kappa shape index (κ2) is 12.0. The SMILES string of the molecule is CCNC(=NCC(CC)(CC)CCO)NC(C)c1nc(C)c(C(=O)OCC)s1. The molecule has 1 atom stereocenters. The van der Waals surface area contributed by atoms with E-state index in [0.717, 1.165) is 30.8 Å². The van der Waals surface area contributed by atoms with Gasteiger partial charge in [-0.25, -0.2) is 9.78 Å². The maximum Gasteiger partial charge on any atom is 0.350 e. The number of nitrogens with one attached hydrogen (secondary N) is 2. The molecule has 0 aromatic carbocycles. The molecule has 0 saturated carbocycles. The van der Waals surface area contributed by atoms with Gasteiger partial charge in [0.15, 0.2) is 5.96 Å². The van der Waals surface area contributed by atoms with Gasteiger partial charge in [0.05, 0.1) is 18.3 Å². The molecule has 0 spiro atoms. The van der Waals surface area contributed by atoms with Crippen LogP contribution in [0, 0.1) is 12.3 Å². The lowest BCUT2D eigenvalue weighted by Crippen LogP contribution is -2.40. The Morgan fingerprint density at radius 3 is 2.54 bits per heavy atom. The first-order chi connectivity index (χ1) is 13.4. The molecule has 0 aliphatic heterocycles. The third-order valence-electron chi connectivity index (χ3n) is 5.06. The molecule has 1 aromatic heterocycles. The highest BCUT2D eigenvalue weighted by molar-refractivity contribution is 7.13. The number of aliphatic hydroxyl groups is 1. The monoisotopic (exact) mass is 412 g/mol. The Hall–Kier alpha value is -1.67. The molecule has 1 unspecified atom stereocenters. The molecule has 1 heterocycles. The number of aliphatic imine (C=N–C) groups is 1. The Kier molecular flexibility index (Phi) is 10.5. The van der Waals surface area contributed by atoms with Crippen LogP contribution in [-0.2, 0) is 4.74 Å². The van der Waals surface area contributed by atoms with Crippen molar-refractivity contribution in [3.63, 3.8) is 0 Å². The first kappa shape index (κ1) is 24.4. The second-order valence-electron chi connectivity index (χ2n) is 6.93. The molecule has 8 heteroatoms. The summed E-state index contributed by atoms with van der Waals surface area (Å²) in [5.41, 5.74) is 0.697. The fourth-order valence-electron chi connectivity index (χ4n) is 2.97. The molecule has 3 N–H and O–H groups in total. The maximum atomic E-state index is 12.0. The van der Waals surface area contributed by atoms with E-state index in [2.05, 4.69) is 29.5 Å². The van der Waals surface area contributed by atoms with Crippen molar-refractivity contribution in [2.75, 3.05) is 26.3 Å². The van der Waals surface area contributed by atoms with Gasteiger partial charge in [-0.1, -0.05) is 13.8 Å². The van der Waals surface area contributed by atoms with Crippen LogP contribution >= 0.6 is 11.3 Å². The number of rotatable bonds is 11. The minimum absolute atomic E-state index is 0.00912. The predicted octanol–water partition coefficient (Wildman–Crippen LogP) is 3.43.